The van der Waals surface area contributed by atoms with Gasteiger partial charge >= 0.3 is 0 Å². The van der Waals surface area contributed by atoms with Gasteiger partial charge in [-0.15, -0.1) is 0 Å². The number of rotatable bonds is 3. The van der Waals surface area contributed by atoms with E-state index in [2.05, 4.69) is 34.6 Å². The normalized spacial score (nSPS) is 15.2. The van der Waals surface area contributed by atoms with Crippen LogP contribution < -0.4 is 0 Å². The van der Waals surface area contributed by atoms with E-state index >= 15 is 0 Å². The summed E-state index contributed by atoms with van der Waals surface area (Å²) in [5.41, 5.74) is 0.0928. The van der Waals surface area contributed by atoms with Gasteiger partial charge in [-0.2, -0.15) is 0 Å². The molecular formula is C12H24O. The smallest absolute Gasteiger partial charge is 0.139 e. The van der Waals surface area contributed by atoms with Crippen LogP contribution in [0.3, 0.4) is 0 Å². The number of hydrogen-bond donors (Lipinski definition) is 0. The Morgan fingerprint density at radius 1 is 1.00 bits per heavy atom. The maximum Gasteiger partial charge on any atom is 0.139 e. The Hall–Kier alpha value is -0.330. The Morgan fingerprint density at radius 2 is 1.38 bits per heavy atom. The Labute approximate surface area is 82.9 Å². The van der Waals surface area contributed by atoms with E-state index < -0.39 is 0 Å². The lowest BCUT2D eigenvalue weighted by molar-refractivity contribution is -0.131. The van der Waals surface area contributed by atoms with Gasteiger partial charge < -0.3 is 0 Å². The molecule has 0 rings (SSSR count). The zero-order valence-corrected chi connectivity index (χ0v) is 10.1. The Bertz CT molecular complexity index is 172. The van der Waals surface area contributed by atoms with E-state index in [0.29, 0.717) is 11.7 Å². The quantitative estimate of drug-likeness (QED) is 0.655. The molecule has 78 valence electrons. The Morgan fingerprint density at radius 3 is 1.46 bits per heavy atom. The van der Waals surface area contributed by atoms with Gasteiger partial charge in [0.25, 0.3) is 0 Å². The fourth-order valence-corrected chi connectivity index (χ4v) is 2.11. The van der Waals surface area contributed by atoms with Crippen molar-refractivity contribution in [1.82, 2.24) is 0 Å². The van der Waals surface area contributed by atoms with Gasteiger partial charge in [0.15, 0.2) is 0 Å². The summed E-state index contributed by atoms with van der Waals surface area (Å²) < 4.78 is 0. The first kappa shape index (κ1) is 12.7. The Balaban J connectivity index is 4.73. The predicted molar refractivity (Wildman–Crippen MR) is 57.6 cm³/mol. The second-order valence-electron chi connectivity index (χ2n) is 5.64. The van der Waals surface area contributed by atoms with Crippen molar-refractivity contribution < 1.29 is 4.79 Å². The van der Waals surface area contributed by atoms with E-state index in [-0.39, 0.29) is 17.3 Å². The molecule has 1 nitrogen and oxygen atoms in total. The molecule has 13 heavy (non-hydrogen) atoms. The van der Waals surface area contributed by atoms with Crippen molar-refractivity contribution >= 4 is 5.78 Å². The van der Waals surface area contributed by atoms with Crippen LogP contribution in [0, 0.1) is 23.2 Å². The summed E-state index contributed by atoms with van der Waals surface area (Å²) in [4.78, 5) is 11.9. The van der Waals surface area contributed by atoms with Crippen molar-refractivity contribution in [3.8, 4) is 0 Å². The van der Waals surface area contributed by atoms with Crippen LogP contribution in [-0.4, -0.2) is 5.78 Å². The van der Waals surface area contributed by atoms with E-state index in [4.69, 9.17) is 0 Å². The molecule has 0 saturated carbocycles. The SMILES string of the molecule is CC(C)C(=O)[C@@H](C(C)C)C(C)(C)C. The zero-order chi connectivity index (χ0) is 10.8. The summed E-state index contributed by atoms with van der Waals surface area (Å²) in [6, 6.07) is 0. The van der Waals surface area contributed by atoms with E-state index in [1.54, 1.807) is 0 Å². The van der Waals surface area contributed by atoms with Crippen LogP contribution in [0.4, 0.5) is 0 Å². The topological polar surface area (TPSA) is 17.1 Å². The van der Waals surface area contributed by atoms with Gasteiger partial charge in [0.2, 0.25) is 0 Å². The highest BCUT2D eigenvalue weighted by atomic mass is 16.1. The molecule has 0 N–H and O–H groups in total. The molecular weight excluding hydrogens is 160 g/mol. The molecule has 0 aliphatic heterocycles. The molecule has 0 aromatic rings. The van der Waals surface area contributed by atoms with Gasteiger partial charge in [0.1, 0.15) is 5.78 Å². The summed E-state index contributed by atoms with van der Waals surface area (Å²) in [6.45, 7) is 14.7. The minimum Gasteiger partial charge on any atom is -0.299 e. The van der Waals surface area contributed by atoms with Gasteiger partial charge in [-0.3, -0.25) is 4.79 Å². The van der Waals surface area contributed by atoms with Crippen molar-refractivity contribution in [1.29, 1.82) is 0 Å². The fourth-order valence-electron chi connectivity index (χ4n) is 2.11. The maximum atomic E-state index is 11.9. The lowest BCUT2D eigenvalue weighted by Crippen LogP contribution is -2.35. The highest BCUT2D eigenvalue weighted by molar-refractivity contribution is 5.83. The molecule has 0 heterocycles. The van der Waals surface area contributed by atoms with Gasteiger partial charge in [-0.05, 0) is 11.3 Å². The third-order valence-corrected chi connectivity index (χ3v) is 2.48. The minimum absolute atomic E-state index is 0.0928. The summed E-state index contributed by atoms with van der Waals surface area (Å²) in [6.07, 6.45) is 0. The first-order valence-electron chi connectivity index (χ1n) is 5.21. The third-order valence-electron chi connectivity index (χ3n) is 2.48. The monoisotopic (exact) mass is 184 g/mol. The molecule has 0 aliphatic rings. The first-order valence-corrected chi connectivity index (χ1v) is 5.21. The molecule has 0 aromatic heterocycles. The van der Waals surface area contributed by atoms with Crippen molar-refractivity contribution in [2.45, 2.75) is 48.5 Å². The molecule has 0 bridgehead atoms. The summed E-state index contributed by atoms with van der Waals surface area (Å²) >= 11 is 0. The average Bonchev–Trinajstić information content (AvgIpc) is 1.82. The summed E-state index contributed by atoms with van der Waals surface area (Å²) in [5.74, 6) is 1.19. The number of hydrogen-bond acceptors (Lipinski definition) is 1. The van der Waals surface area contributed by atoms with Gasteiger partial charge in [0.05, 0.1) is 0 Å². The predicted octanol–water partition coefficient (Wildman–Crippen LogP) is 3.53. The molecule has 0 saturated heterocycles. The van der Waals surface area contributed by atoms with Crippen LogP contribution in [0.5, 0.6) is 0 Å². The van der Waals surface area contributed by atoms with Crippen LogP contribution in [0.25, 0.3) is 0 Å². The van der Waals surface area contributed by atoms with Crippen LogP contribution in [-0.2, 0) is 4.79 Å². The van der Waals surface area contributed by atoms with Crippen molar-refractivity contribution in [3.05, 3.63) is 0 Å². The molecule has 0 unspecified atom stereocenters. The van der Waals surface area contributed by atoms with Crippen molar-refractivity contribution in [2.24, 2.45) is 23.2 Å². The highest BCUT2D eigenvalue weighted by Crippen LogP contribution is 2.34. The molecule has 0 amide bonds. The molecule has 1 heteroatoms. The molecule has 1 atom stereocenters. The van der Waals surface area contributed by atoms with Gasteiger partial charge in [-0.1, -0.05) is 48.5 Å². The third kappa shape index (κ3) is 3.50. The molecule has 0 radical (unpaired) electrons. The maximum absolute atomic E-state index is 11.9. The molecule has 0 spiro atoms. The van der Waals surface area contributed by atoms with E-state index in [1.165, 1.54) is 0 Å². The van der Waals surface area contributed by atoms with Gasteiger partial charge in [-0.25, -0.2) is 0 Å². The number of ketones is 1. The second kappa shape index (κ2) is 4.26. The van der Waals surface area contributed by atoms with E-state index in [0.717, 1.165) is 0 Å². The molecule has 0 aromatic carbocycles. The van der Waals surface area contributed by atoms with Crippen LogP contribution in [0.15, 0.2) is 0 Å². The lowest BCUT2D eigenvalue weighted by Gasteiger charge is -2.33. The average molecular weight is 184 g/mol. The van der Waals surface area contributed by atoms with Crippen LogP contribution in [0.2, 0.25) is 0 Å². The summed E-state index contributed by atoms with van der Waals surface area (Å²) in [5, 5.41) is 0. The Kier molecular flexibility index (Phi) is 4.15. The van der Waals surface area contributed by atoms with Gasteiger partial charge in [0, 0.05) is 11.8 Å². The molecule has 0 fully saturated rings. The summed E-state index contributed by atoms with van der Waals surface area (Å²) in [7, 11) is 0. The second-order valence-corrected chi connectivity index (χ2v) is 5.64. The number of Topliss-reactive ketones (excluding diaryl/α,β-unsaturated/α-hetero) is 1. The number of carbonyl (C=O) groups is 1. The zero-order valence-electron chi connectivity index (χ0n) is 10.1. The van der Waals surface area contributed by atoms with Crippen molar-refractivity contribution in [3.63, 3.8) is 0 Å². The fraction of sp³-hybridized carbons (Fsp3) is 0.917. The number of carbonyl (C=O) groups excluding carboxylic acids is 1. The van der Waals surface area contributed by atoms with E-state index in [9.17, 15) is 4.79 Å². The van der Waals surface area contributed by atoms with E-state index in [1.807, 2.05) is 13.8 Å². The molecule has 0 aliphatic carbocycles. The highest BCUT2D eigenvalue weighted by Gasteiger charge is 2.34. The first-order chi connectivity index (χ1) is 5.68. The standard InChI is InChI=1S/C12H24O/c1-8(2)10(12(5,6)7)11(13)9(3)4/h8-10H,1-7H3/t10-/m1/s1. The van der Waals surface area contributed by atoms with Crippen LogP contribution in [0.1, 0.15) is 48.5 Å². The van der Waals surface area contributed by atoms with Crippen LogP contribution >= 0.6 is 0 Å². The lowest BCUT2D eigenvalue weighted by atomic mass is 9.70. The largest absolute Gasteiger partial charge is 0.299 e. The van der Waals surface area contributed by atoms with Crippen molar-refractivity contribution in [2.75, 3.05) is 0 Å². The minimum atomic E-state index is 0.0928.